The number of rotatable bonds is 3. The molecule has 0 unspecified atom stereocenters. The SMILES string of the molecule is [Cl][Ru][Cl].[Ru].c1ccc(-c2ccccn2)nc1.c1ccc(-c2ccccn2)nc1.c1ccc(-c2ccccn2)nc1. The molecule has 0 aliphatic carbocycles. The van der Waals surface area contributed by atoms with E-state index in [1.54, 1.807) is 37.2 Å². The van der Waals surface area contributed by atoms with Crippen molar-refractivity contribution < 1.29 is 34.6 Å². The van der Waals surface area contributed by atoms with Crippen LogP contribution in [-0.2, 0) is 34.6 Å². The fraction of sp³-hybridized carbons (Fsp3) is 0. The molecule has 0 aliphatic rings. The van der Waals surface area contributed by atoms with Crippen LogP contribution in [0.1, 0.15) is 0 Å². The van der Waals surface area contributed by atoms with Gasteiger partial charge in [0.05, 0.1) is 34.2 Å². The van der Waals surface area contributed by atoms with Crippen LogP contribution in [0.25, 0.3) is 34.2 Å². The molecule has 0 N–H and O–H groups in total. The van der Waals surface area contributed by atoms with Gasteiger partial charge in [-0.25, -0.2) is 0 Å². The Morgan fingerprint density at radius 2 is 0.475 bits per heavy atom. The Morgan fingerprint density at radius 3 is 0.575 bits per heavy atom. The van der Waals surface area contributed by atoms with Crippen molar-refractivity contribution in [2.24, 2.45) is 0 Å². The minimum absolute atomic E-state index is 0. The second-order valence-corrected chi connectivity index (χ2v) is 9.98. The summed E-state index contributed by atoms with van der Waals surface area (Å²) < 4.78 is 0. The Hall–Kier alpha value is -3.27. The molecular weight excluding hydrogens is 717 g/mol. The molecular formula is C30H24Cl2N6Ru2. The van der Waals surface area contributed by atoms with Crippen LogP contribution in [0.3, 0.4) is 0 Å². The van der Waals surface area contributed by atoms with E-state index in [9.17, 15) is 0 Å². The van der Waals surface area contributed by atoms with Crippen LogP contribution in [0.15, 0.2) is 146 Å². The second-order valence-electron chi connectivity index (χ2n) is 7.34. The van der Waals surface area contributed by atoms with Crippen molar-refractivity contribution in [3.8, 4) is 34.2 Å². The third-order valence-electron chi connectivity index (χ3n) is 4.78. The van der Waals surface area contributed by atoms with Crippen LogP contribution in [0.5, 0.6) is 0 Å². The molecule has 6 nitrogen and oxygen atoms in total. The van der Waals surface area contributed by atoms with E-state index in [1.165, 1.54) is 0 Å². The van der Waals surface area contributed by atoms with Crippen molar-refractivity contribution in [3.63, 3.8) is 0 Å². The van der Waals surface area contributed by atoms with Crippen molar-refractivity contribution in [2.75, 3.05) is 0 Å². The topological polar surface area (TPSA) is 77.3 Å². The maximum absolute atomic E-state index is 4.85. The molecule has 0 aliphatic heterocycles. The molecule has 6 heterocycles. The first-order valence-electron chi connectivity index (χ1n) is 11.6. The summed E-state index contributed by atoms with van der Waals surface area (Å²) in [5, 5.41) is 0. The van der Waals surface area contributed by atoms with E-state index >= 15 is 0 Å². The summed E-state index contributed by atoms with van der Waals surface area (Å²) in [6.45, 7) is 0. The molecule has 0 spiro atoms. The maximum Gasteiger partial charge on any atom is 0.0886 e. The molecule has 0 atom stereocenters. The zero-order chi connectivity index (χ0) is 27.4. The molecule has 0 aromatic carbocycles. The zero-order valence-electron chi connectivity index (χ0n) is 21.0. The molecule has 6 aromatic heterocycles. The number of hydrogen-bond donors (Lipinski definition) is 0. The predicted octanol–water partition coefficient (Wildman–Crippen LogP) is 7.80. The van der Waals surface area contributed by atoms with Gasteiger partial charge < -0.3 is 0 Å². The van der Waals surface area contributed by atoms with Crippen molar-refractivity contribution in [3.05, 3.63) is 146 Å². The molecule has 204 valence electrons. The second kappa shape index (κ2) is 20.6. The molecule has 0 amide bonds. The van der Waals surface area contributed by atoms with Gasteiger partial charge in [0.15, 0.2) is 0 Å². The van der Waals surface area contributed by atoms with Crippen LogP contribution in [0.4, 0.5) is 0 Å². The van der Waals surface area contributed by atoms with E-state index in [0.717, 1.165) is 34.2 Å². The zero-order valence-corrected chi connectivity index (χ0v) is 26.0. The van der Waals surface area contributed by atoms with Gasteiger partial charge >= 0.3 is 34.5 Å². The largest absolute Gasteiger partial charge is 0.255 e. The molecule has 40 heavy (non-hydrogen) atoms. The van der Waals surface area contributed by atoms with Crippen LogP contribution in [0, 0.1) is 0 Å². The number of halogens is 2. The average molecular weight is 742 g/mol. The molecule has 6 rings (SSSR count). The number of nitrogens with zero attached hydrogens (tertiary/aromatic N) is 6. The Balaban J connectivity index is 0.000000198. The minimum atomic E-state index is -0.346. The van der Waals surface area contributed by atoms with Gasteiger partial charge in [0.2, 0.25) is 0 Å². The van der Waals surface area contributed by atoms with Crippen molar-refractivity contribution in [2.45, 2.75) is 0 Å². The van der Waals surface area contributed by atoms with Crippen LogP contribution in [-0.4, -0.2) is 29.9 Å². The van der Waals surface area contributed by atoms with E-state index in [0.29, 0.717) is 0 Å². The number of pyridine rings is 6. The van der Waals surface area contributed by atoms with E-state index in [2.05, 4.69) is 29.9 Å². The van der Waals surface area contributed by atoms with E-state index in [4.69, 9.17) is 19.4 Å². The number of aromatic nitrogens is 6. The van der Waals surface area contributed by atoms with E-state index in [1.807, 2.05) is 109 Å². The van der Waals surface area contributed by atoms with Gasteiger partial charge in [-0.05, 0) is 72.8 Å². The van der Waals surface area contributed by atoms with Crippen LogP contribution < -0.4 is 0 Å². The summed E-state index contributed by atoms with van der Waals surface area (Å²) in [5.74, 6) is 0. The summed E-state index contributed by atoms with van der Waals surface area (Å²) in [6, 6.07) is 34.8. The van der Waals surface area contributed by atoms with E-state index in [-0.39, 0.29) is 34.6 Å². The Morgan fingerprint density at radius 1 is 0.325 bits per heavy atom. The van der Waals surface area contributed by atoms with Gasteiger partial charge in [-0.2, -0.15) is 0 Å². The fourth-order valence-corrected chi connectivity index (χ4v) is 3.09. The standard InChI is InChI=1S/3C10H8N2.2ClH.2Ru/c3*1-3-7-11-9(5-1)10-6-2-4-8-12-10;;;;/h3*1-8H;2*1H;;/q;;;;;;+2/p-2. The Bertz CT molecular complexity index is 1130. The summed E-state index contributed by atoms with van der Waals surface area (Å²) in [7, 11) is 9.71. The molecule has 6 aromatic rings. The monoisotopic (exact) mass is 742 g/mol. The minimum Gasteiger partial charge on any atom is -0.255 e. The first-order chi connectivity index (χ1) is 19.3. The van der Waals surface area contributed by atoms with Gasteiger partial charge in [0.25, 0.3) is 0 Å². The maximum atomic E-state index is 4.85. The van der Waals surface area contributed by atoms with Gasteiger partial charge in [0, 0.05) is 56.7 Å². The molecule has 0 fully saturated rings. The summed E-state index contributed by atoms with van der Waals surface area (Å²) in [5.41, 5.74) is 5.49. The summed E-state index contributed by atoms with van der Waals surface area (Å²) in [4.78, 5) is 25.1. The van der Waals surface area contributed by atoms with Gasteiger partial charge in [-0.15, -0.1) is 0 Å². The summed E-state index contributed by atoms with van der Waals surface area (Å²) in [6.07, 6.45) is 10.6. The molecule has 10 heteroatoms. The van der Waals surface area contributed by atoms with Gasteiger partial charge in [-0.1, -0.05) is 36.4 Å². The smallest absolute Gasteiger partial charge is 0.0886 e. The Kier molecular flexibility index (Phi) is 17.0. The van der Waals surface area contributed by atoms with Crippen molar-refractivity contribution >= 4 is 19.4 Å². The average Bonchev–Trinajstić information content (AvgIpc) is 3.05. The Labute approximate surface area is 262 Å². The first-order valence-corrected chi connectivity index (χ1v) is 16.1. The molecule has 0 radical (unpaired) electrons. The van der Waals surface area contributed by atoms with E-state index < -0.39 is 0 Å². The fourth-order valence-electron chi connectivity index (χ4n) is 3.09. The number of hydrogen-bond acceptors (Lipinski definition) is 6. The third-order valence-corrected chi connectivity index (χ3v) is 4.78. The quantitative estimate of drug-likeness (QED) is 0.173. The molecule has 0 saturated heterocycles. The van der Waals surface area contributed by atoms with Crippen molar-refractivity contribution in [1.29, 1.82) is 0 Å². The van der Waals surface area contributed by atoms with Gasteiger partial charge in [0.1, 0.15) is 0 Å². The first kappa shape index (κ1) is 32.9. The normalized spacial score (nSPS) is 9.25. The van der Waals surface area contributed by atoms with Gasteiger partial charge in [-0.3, -0.25) is 29.9 Å². The third kappa shape index (κ3) is 12.3. The summed E-state index contributed by atoms with van der Waals surface area (Å²) >= 11 is -0.346. The van der Waals surface area contributed by atoms with Crippen LogP contribution >= 0.6 is 19.4 Å². The predicted molar refractivity (Wildman–Crippen MR) is 154 cm³/mol. The molecule has 0 bridgehead atoms. The van der Waals surface area contributed by atoms with Crippen molar-refractivity contribution in [1.82, 2.24) is 29.9 Å². The van der Waals surface area contributed by atoms with Crippen LogP contribution in [0.2, 0.25) is 0 Å². The molecule has 0 saturated carbocycles.